The second kappa shape index (κ2) is 18.0. The number of nitrogens with two attached hydrogens (primary N) is 1. The predicted molar refractivity (Wildman–Crippen MR) is 179 cm³/mol. The normalized spacial score (nSPS) is 17.4. The highest BCUT2D eigenvalue weighted by molar-refractivity contribution is 6.05. The topological polar surface area (TPSA) is 158 Å². The van der Waals surface area contributed by atoms with E-state index in [1.54, 1.807) is 6.07 Å². The lowest BCUT2D eigenvalue weighted by molar-refractivity contribution is -0.138. The van der Waals surface area contributed by atoms with Crippen LogP contribution < -0.4 is 15.8 Å². The first kappa shape index (κ1) is 35.3. The summed E-state index contributed by atoms with van der Waals surface area (Å²) in [5, 5.41) is 35.5. The number of nitrogens with one attached hydrogen (secondary N) is 2. The number of aromatic amines is 1. The van der Waals surface area contributed by atoms with E-state index >= 15 is 0 Å². The Morgan fingerprint density at radius 3 is 2.52 bits per heavy atom. The number of carbonyl (C=O) groups excluding carboxylic acids is 2. The van der Waals surface area contributed by atoms with Gasteiger partial charge in [-0.1, -0.05) is 69.9 Å². The summed E-state index contributed by atoms with van der Waals surface area (Å²) in [7, 11) is 1.46. The van der Waals surface area contributed by atoms with E-state index in [4.69, 9.17) is 10.5 Å². The Labute approximate surface area is 273 Å². The zero-order chi connectivity index (χ0) is 32.9. The lowest BCUT2D eigenvalue weighted by atomic mass is 9.76. The van der Waals surface area contributed by atoms with Crippen LogP contribution in [-0.2, 0) is 22.4 Å². The summed E-state index contributed by atoms with van der Waals surface area (Å²) in [5.74, 6) is -0.128. The van der Waals surface area contributed by atoms with Crippen molar-refractivity contribution >= 4 is 11.6 Å². The van der Waals surface area contributed by atoms with Gasteiger partial charge in [-0.3, -0.25) is 9.59 Å². The molecule has 4 rings (SSSR count). The number of aliphatic hydroxyl groups excluding tert-OH is 2. The van der Waals surface area contributed by atoms with Crippen LogP contribution in [0.3, 0.4) is 0 Å². The largest absolute Gasteiger partial charge is 0.504 e. The highest BCUT2D eigenvalue weighted by Gasteiger charge is 2.31. The van der Waals surface area contributed by atoms with Crippen LogP contribution >= 0.6 is 0 Å². The van der Waals surface area contributed by atoms with Crippen molar-refractivity contribution in [2.45, 2.75) is 102 Å². The van der Waals surface area contributed by atoms with Gasteiger partial charge in [0.1, 0.15) is 0 Å². The van der Waals surface area contributed by atoms with Crippen LogP contribution in [0, 0.1) is 11.8 Å². The van der Waals surface area contributed by atoms with E-state index in [0.29, 0.717) is 36.3 Å². The van der Waals surface area contributed by atoms with Crippen LogP contribution in [0.1, 0.15) is 99.8 Å². The van der Waals surface area contributed by atoms with Crippen molar-refractivity contribution in [2.24, 2.45) is 17.6 Å². The molecule has 2 aromatic rings. The quantitative estimate of drug-likeness (QED) is 0.0891. The van der Waals surface area contributed by atoms with Crippen LogP contribution in [0.4, 0.5) is 0 Å². The molecule has 0 radical (unpaired) electrons. The molecule has 1 fully saturated rings. The number of phenols is 1. The molecule has 1 aliphatic heterocycles. The minimum atomic E-state index is -1.62. The van der Waals surface area contributed by atoms with Gasteiger partial charge in [0.05, 0.1) is 12.9 Å². The molecule has 252 valence electrons. The third kappa shape index (κ3) is 9.97. The molecule has 3 atom stereocenters. The Hall–Kier alpha value is -3.56. The number of aryl methyl sites for hydroxylation is 1. The number of benzene rings is 1. The lowest BCUT2D eigenvalue weighted by Crippen LogP contribution is -2.30. The van der Waals surface area contributed by atoms with Gasteiger partial charge in [0.2, 0.25) is 0 Å². The zero-order valence-corrected chi connectivity index (χ0v) is 27.3. The SMILES string of the molecule is COc1cc(CCC(=O)[C@H](O)C(=O)CCCCCCC2CCCCC2)cc([C@@H](C2=CCNC(N)=C2)[C@H](CO)Cc2ccc[nH]2)c1O. The number of hydrogen-bond donors (Lipinski definition) is 6. The van der Waals surface area contributed by atoms with Crippen molar-refractivity contribution in [3.63, 3.8) is 0 Å². The first-order valence-electron chi connectivity index (χ1n) is 17.1. The Bertz CT molecular complexity index is 1330. The van der Waals surface area contributed by atoms with Crippen LogP contribution in [0.5, 0.6) is 11.5 Å². The molecule has 1 aromatic carbocycles. The van der Waals surface area contributed by atoms with Crippen molar-refractivity contribution in [1.29, 1.82) is 0 Å². The van der Waals surface area contributed by atoms with E-state index in [9.17, 15) is 24.9 Å². The summed E-state index contributed by atoms with van der Waals surface area (Å²) in [6.07, 6.45) is 16.9. The van der Waals surface area contributed by atoms with E-state index < -0.39 is 23.6 Å². The van der Waals surface area contributed by atoms with Gasteiger partial charge in [-0.05, 0) is 66.5 Å². The number of rotatable bonds is 19. The third-order valence-corrected chi connectivity index (χ3v) is 9.68. The van der Waals surface area contributed by atoms with Crippen molar-refractivity contribution in [3.8, 4) is 11.5 Å². The van der Waals surface area contributed by atoms with Gasteiger partial charge in [-0.2, -0.15) is 0 Å². The molecular formula is C37H53N3O6. The van der Waals surface area contributed by atoms with Crippen LogP contribution in [0.25, 0.3) is 0 Å². The van der Waals surface area contributed by atoms with Gasteiger partial charge in [-0.15, -0.1) is 0 Å². The van der Waals surface area contributed by atoms with Crippen LogP contribution in [0.15, 0.2) is 54.0 Å². The van der Waals surface area contributed by atoms with Crippen molar-refractivity contribution in [1.82, 2.24) is 10.3 Å². The highest BCUT2D eigenvalue weighted by atomic mass is 16.5. The number of ketones is 2. The lowest BCUT2D eigenvalue weighted by Gasteiger charge is -2.30. The molecule has 1 aliphatic carbocycles. The van der Waals surface area contributed by atoms with Gasteiger partial charge in [-0.25, -0.2) is 0 Å². The molecule has 2 aliphatic rings. The number of methoxy groups -OCH3 is 1. The summed E-state index contributed by atoms with van der Waals surface area (Å²) in [6, 6.07) is 7.34. The number of phenolic OH excluding ortho intramolecular Hbond substituents is 1. The Balaban J connectivity index is 1.39. The van der Waals surface area contributed by atoms with E-state index in [1.807, 2.05) is 36.5 Å². The predicted octanol–water partition coefficient (Wildman–Crippen LogP) is 5.35. The van der Waals surface area contributed by atoms with E-state index in [2.05, 4.69) is 10.3 Å². The maximum atomic E-state index is 12.9. The molecule has 0 amide bonds. The summed E-state index contributed by atoms with van der Waals surface area (Å²) < 4.78 is 5.52. The molecule has 2 heterocycles. The molecule has 1 aromatic heterocycles. The molecule has 0 bridgehead atoms. The average Bonchev–Trinajstić information content (AvgIpc) is 3.59. The van der Waals surface area contributed by atoms with Crippen LogP contribution in [0.2, 0.25) is 0 Å². The average molecular weight is 636 g/mol. The molecular weight excluding hydrogens is 582 g/mol. The molecule has 9 heteroatoms. The summed E-state index contributed by atoms with van der Waals surface area (Å²) in [6.45, 7) is 0.356. The fraction of sp³-hybridized carbons (Fsp3) is 0.568. The van der Waals surface area contributed by atoms with E-state index in [0.717, 1.165) is 30.0 Å². The Morgan fingerprint density at radius 1 is 1.07 bits per heavy atom. The fourth-order valence-corrected chi connectivity index (χ4v) is 7.07. The van der Waals surface area contributed by atoms with Gasteiger partial charge in [0.25, 0.3) is 0 Å². The zero-order valence-electron chi connectivity index (χ0n) is 27.3. The number of hydrogen-bond acceptors (Lipinski definition) is 8. The first-order valence-corrected chi connectivity index (χ1v) is 17.1. The van der Waals surface area contributed by atoms with Crippen LogP contribution in [-0.4, -0.2) is 58.2 Å². The maximum Gasteiger partial charge on any atom is 0.170 e. The van der Waals surface area contributed by atoms with E-state index in [-0.39, 0.29) is 43.3 Å². The number of aliphatic hydroxyl groups is 2. The summed E-state index contributed by atoms with van der Waals surface area (Å²) in [5.41, 5.74) is 9.17. The fourth-order valence-electron chi connectivity index (χ4n) is 7.07. The number of aromatic hydroxyl groups is 1. The first-order chi connectivity index (χ1) is 22.3. The standard InChI is InChI=1S/C37H53N3O6/c1-46-33-21-26(15-16-32(43)37(45)31(42)14-8-3-2-5-10-25-11-6-4-7-12-25)20-30(36(33)44)35(27-17-19-40-34(38)23-27)28(24-41)22-29-13-9-18-39-29/h9,13,17-18,20-21,23,25,28,35,37,39-41,44-45H,2-8,10-12,14-16,19,22,24,38H2,1H3/t28-,35-,37+/m0/s1. The highest BCUT2D eigenvalue weighted by Crippen LogP contribution is 2.44. The maximum absolute atomic E-state index is 12.9. The van der Waals surface area contributed by atoms with Crippen molar-refractivity contribution in [2.75, 3.05) is 20.3 Å². The number of ether oxygens (including phenoxy) is 1. The number of Topliss-reactive ketones (excluding diaryl/α,β-unsaturated/α-hetero) is 2. The molecule has 0 spiro atoms. The summed E-state index contributed by atoms with van der Waals surface area (Å²) >= 11 is 0. The van der Waals surface area contributed by atoms with Gasteiger partial charge < -0.3 is 36.1 Å². The second-order valence-corrected chi connectivity index (χ2v) is 13.0. The third-order valence-electron chi connectivity index (χ3n) is 9.68. The number of unbranched alkanes of at least 4 members (excludes halogenated alkanes) is 3. The number of dihydropyridines is 1. The number of H-pyrrole nitrogens is 1. The van der Waals surface area contributed by atoms with Gasteiger partial charge >= 0.3 is 0 Å². The Morgan fingerprint density at radius 2 is 1.83 bits per heavy atom. The monoisotopic (exact) mass is 635 g/mol. The number of carbonyl (C=O) groups is 2. The number of aromatic nitrogens is 1. The molecule has 0 unspecified atom stereocenters. The molecule has 9 nitrogen and oxygen atoms in total. The number of allylic oxidation sites excluding steroid dienone is 2. The van der Waals surface area contributed by atoms with Gasteiger partial charge in [0.15, 0.2) is 29.2 Å². The Kier molecular flexibility index (Phi) is 13.8. The van der Waals surface area contributed by atoms with Crippen molar-refractivity contribution < 1.29 is 29.6 Å². The summed E-state index contributed by atoms with van der Waals surface area (Å²) in [4.78, 5) is 28.7. The second-order valence-electron chi connectivity index (χ2n) is 13.0. The molecule has 7 N–H and O–H groups in total. The molecule has 0 saturated heterocycles. The van der Waals surface area contributed by atoms with Crippen molar-refractivity contribution in [3.05, 3.63) is 70.8 Å². The minimum absolute atomic E-state index is 0.0301. The molecule has 46 heavy (non-hydrogen) atoms. The smallest absolute Gasteiger partial charge is 0.170 e. The van der Waals surface area contributed by atoms with E-state index in [1.165, 1.54) is 52.1 Å². The molecule has 1 saturated carbocycles. The van der Waals surface area contributed by atoms with Gasteiger partial charge in [0, 0.05) is 49.4 Å². The minimum Gasteiger partial charge on any atom is -0.504 e.